The standard InChI is InChI=1S/C29H28F2N6O3/c30-29(31)14-23(15-32)37(19-29)27(38)17-35-28(39)24-7-8-33-26-6-4-20(13-25(24)26)1-2-21-3-5-22(34-16-21)18-36-9-11-40-12-10-36/h1-8,13,16,23H,9-12,14,17-19H2,(H,35,39)/b2-1+/t23-/m0/s1. The average molecular weight is 547 g/mol. The summed E-state index contributed by atoms with van der Waals surface area (Å²) in [7, 11) is 0. The van der Waals surface area contributed by atoms with Crippen molar-refractivity contribution < 1.29 is 23.1 Å². The SMILES string of the molecule is N#C[C@@H]1CC(F)(F)CN1C(=O)CNC(=O)c1ccnc2ccc(/C=C/c3ccc(CN4CCOCC4)nc3)cc12. The number of aromatic nitrogens is 2. The van der Waals surface area contributed by atoms with Crippen molar-refractivity contribution >= 4 is 34.9 Å². The number of halogens is 2. The Labute approximate surface area is 230 Å². The first-order chi connectivity index (χ1) is 19.3. The van der Waals surface area contributed by atoms with Gasteiger partial charge in [0.25, 0.3) is 11.8 Å². The van der Waals surface area contributed by atoms with E-state index in [1.165, 1.54) is 12.3 Å². The van der Waals surface area contributed by atoms with Crippen LogP contribution in [0.25, 0.3) is 23.1 Å². The summed E-state index contributed by atoms with van der Waals surface area (Å²) in [5.74, 6) is -4.39. The molecule has 3 aromatic rings. The molecule has 2 fully saturated rings. The molecular formula is C29H28F2N6O3. The number of fused-ring (bicyclic) bond motifs is 1. The van der Waals surface area contributed by atoms with E-state index in [9.17, 15) is 18.4 Å². The van der Waals surface area contributed by atoms with Crippen LogP contribution in [0.3, 0.4) is 0 Å². The summed E-state index contributed by atoms with van der Waals surface area (Å²) in [4.78, 5) is 37.5. The van der Waals surface area contributed by atoms with E-state index < -0.39 is 43.3 Å². The summed E-state index contributed by atoms with van der Waals surface area (Å²) >= 11 is 0. The third kappa shape index (κ3) is 6.47. The van der Waals surface area contributed by atoms with Gasteiger partial charge >= 0.3 is 0 Å². The minimum atomic E-state index is -3.12. The molecule has 0 saturated carbocycles. The van der Waals surface area contributed by atoms with Gasteiger partial charge in [0.2, 0.25) is 5.91 Å². The fraction of sp³-hybridized carbons (Fsp3) is 0.345. The summed E-state index contributed by atoms with van der Waals surface area (Å²) in [6.45, 7) is 2.74. The van der Waals surface area contributed by atoms with Gasteiger partial charge < -0.3 is 15.0 Å². The van der Waals surface area contributed by atoms with E-state index in [0.717, 1.165) is 54.6 Å². The first-order valence-electron chi connectivity index (χ1n) is 13.0. The average Bonchev–Trinajstić information content (AvgIpc) is 3.30. The topological polar surface area (TPSA) is 111 Å². The van der Waals surface area contributed by atoms with E-state index in [1.54, 1.807) is 12.1 Å². The number of nitriles is 1. The number of hydrogen-bond donors (Lipinski definition) is 1. The number of pyridine rings is 2. The van der Waals surface area contributed by atoms with Crippen LogP contribution in [0.15, 0.2) is 48.8 Å². The minimum absolute atomic E-state index is 0.297. The molecule has 2 amide bonds. The van der Waals surface area contributed by atoms with Crippen molar-refractivity contribution in [1.82, 2.24) is 25.1 Å². The van der Waals surface area contributed by atoms with E-state index in [1.807, 2.05) is 42.6 Å². The lowest BCUT2D eigenvalue weighted by Gasteiger charge is -2.26. The highest BCUT2D eigenvalue weighted by Crippen LogP contribution is 2.31. The number of morpholine rings is 1. The second-order valence-electron chi connectivity index (χ2n) is 9.85. The predicted octanol–water partition coefficient (Wildman–Crippen LogP) is 3.12. The van der Waals surface area contributed by atoms with Crippen LogP contribution in [0.1, 0.15) is 33.6 Å². The highest BCUT2D eigenvalue weighted by molar-refractivity contribution is 6.07. The monoisotopic (exact) mass is 546 g/mol. The lowest BCUT2D eigenvalue weighted by atomic mass is 10.0. The molecule has 0 aliphatic carbocycles. The molecule has 206 valence electrons. The maximum absolute atomic E-state index is 13.7. The summed E-state index contributed by atoms with van der Waals surface area (Å²) in [6, 6.07) is 11.6. The van der Waals surface area contributed by atoms with Gasteiger partial charge in [-0.3, -0.25) is 24.5 Å². The molecule has 2 aliphatic heterocycles. The van der Waals surface area contributed by atoms with E-state index in [2.05, 4.69) is 20.2 Å². The Morgan fingerprint density at radius 3 is 2.65 bits per heavy atom. The number of likely N-dealkylation sites (tertiary alicyclic amines) is 1. The van der Waals surface area contributed by atoms with Crippen molar-refractivity contribution in [2.75, 3.05) is 39.4 Å². The van der Waals surface area contributed by atoms with Gasteiger partial charge in [-0.2, -0.15) is 5.26 Å². The zero-order chi connectivity index (χ0) is 28.1. The predicted molar refractivity (Wildman–Crippen MR) is 144 cm³/mol. The van der Waals surface area contributed by atoms with E-state index in [-0.39, 0.29) is 0 Å². The smallest absolute Gasteiger partial charge is 0.268 e. The van der Waals surface area contributed by atoms with Crippen molar-refractivity contribution in [3.8, 4) is 6.07 Å². The zero-order valence-corrected chi connectivity index (χ0v) is 21.7. The molecule has 1 atom stereocenters. The number of ether oxygens (including phenoxy) is 1. The first kappa shape index (κ1) is 27.3. The quantitative estimate of drug-likeness (QED) is 0.485. The molecule has 0 radical (unpaired) electrons. The molecule has 40 heavy (non-hydrogen) atoms. The van der Waals surface area contributed by atoms with Crippen molar-refractivity contribution in [2.45, 2.75) is 24.9 Å². The van der Waals surface area contributed by atoms with Crippen LogP contribution >= 0.6 is 0 Å². The Kier molecular flexibility index (Phi) is 8.09. The van der Waals surface area contributed by atoms with Gasteiger partial charge in [0, 0.05) is 43.8 Å². The Bertz CT molecular complexity index is 1460. The lowest BCUT2D eigenvalue weighted by Crippen LogP contribution is -2.43. The Morgan fingerprint density at radius 2 is 1.90 bits per heavy atom. The van der Waals surface area contributed by atoms with E-state index in [4.69, 9.17) is 10.00 Å². The third-order valence-electron chi connectivity index (χ3n) is 6.95. The van der Waals surface area contributed by atoms with Gasteiger partial charge in [-0.1, -0.05) is 24.3 Å². The molecule has 2 saturated heterocycles. The zero-order valence-electron chi connectivity index (χ0n) is 21.7. The van der Waals surface area contributed by atoms with Gasteiger partial charge in [-0.25, -0.2) is 8.78 Å². The minimum Gasteiger partial charge on any atom is -0.379 e. The van der Waals surface area contributed by atoms with Crippen molar-refractivity contribution in [1.29, 1.82) is 5.26 Å². The van der Waals surface area contributed by atoms with Crippen LogP contribution in [0, 0.1) is 11.3 Å². The molecule has 0 bridgehead atoms. The number of hydrogen-bond acceptors (Lipinski definition) is 7. The maximum atomic E-state index is 13.7. The van der Waals surface area contributed by atoms with Crippen LogP contribution in [-0.4, -0.2) is 82.9 Å². The Hall–Kier alpha value is -4.27. The Morgan fingerprint density at radius 1 is 1.12 bits per heavy atom. The van der Waals surface area contributed by atoms with E-state index in [0.29, 0.717) is 16.5 Å². The summed E-state index contributed by atoms with van der Waals surface area (Å²) in [5, 5.41) is 12.2. The molecule has 1 N–H and O–H groups in total. The van der Waals surface area contributed by atoms with Crippen LogP contribution in [0.5, 0.6) is 0 Å². The molecule has 5 rings (SSSR count). The number of nitrogens with one attached hydrogen (secondary N) is 1. The first-order valence-corrected chi connectivity index (χ1v) is 13.0. The number of carbonyl (C=O) groups is 2. The molecule has 0 unspecified atom stereocenters. The van der Waals surface area contributed by atoms with Gasteiger partial charge in [0.15, 0.2) is 0 Å². The summed E-state index contributed by atoms with van der Waals surface area (Å²) in [5.41, 5.74) is 3.64. The highest BCUT2D eigenvalue weighted by Gasteiger charge is 2.47. The fourth-order valence-corrected chi connectivity index (χ4v) is 4.82. The van der Waals surface area contributed by atoms with Gasteiger partial charge in [-0.05, 0) is 35.4 Å². The van der Waals surface area contributed by atoms with Crippen LogP contribution in [0.4, 0.5) is 8.78 Å². The number of benzene rings is 1. The fourth-order valence-electron chi connectivity index (χ4n) is 4.82. The number of nitrogens with zero attached hydrogens (tertiary/aromatic N) is 5. The number of amides is 2. The van der Waals surface area contributed by atoms with Crippen molar-refractivity contribution in [3.05, 3.63) is 71.2 Å². The highest BCUT2D eigenvalue weighted by atomic mass is 19.3. The summed E-state index contributed by atoms with van der Waals surface area (Å²) < 4.78 is 32.8. The summed E-state index contributed by atoms with van der Waals surface area (Å²) in [6.07, 6.45) is 6.44. The second-order valence-corrected chi connectivity index (χ2v) is 9.85. The van der Waals surface area contributed by atoms with E-state index >= 15 is 0 Å². The van der Waals surface area contributed by atoms with Gasteiger partial charge in [0.1, 0.15) is 6.04 Å². The molecule has 1 aromatic carbocycles. The molecule has 2 aromatic heterocycles. The van der Waals surface area contributed by atoms with Gasteiger partial charge in [0.05, 0.1) is 49.1 Å². The van der Waals surface area contributed by atoms with Gasteiger partial charge in [-0.15, -0.1) is 0 Å². The number of alkyl halides is 2. The molecular weight excluding hydrogens is 518 g/mol. The largest absolute Gasteiger partial charge is 0.379 e. The molecule has 0 spiro atoms. The second kappa shape index (κ2) is 11.9. The third-order valence-corrected chi connectivity index (χ3v) is 6.95. The van der Waals surface area contributed by atoms with Crippen molar-refractivity contribution in [2.24, 2.45) is 0 Å². The number of carbonyl (C=O) groups excluding carboxylic acids is 2. The normalized spacial score (nSPS) is 19.1. The molecule has 9 nitrogen and oxygen atoms in total. The van der Waals surface area contributed by atoms with Crippen LogP contribution in [-0.2, 0) is 16.1 Å². The molecule has 11 heteroatoms. The van der Waals surface area contributed by atoms with Crippen LogP contribution < -0.4 is 5.32 Å². The Balaban J connectivity index is 1.25. The number of rotatable bonds is 7. The van der Waals surface area contributed by atoms with Crippen LogP contribution in [0.2, 0.25) is 0 Å². The van der Waals surface area contributed by atoms with Crippen molar-refractivity contribution in [3.63, 3.8) is 0 Å². The maximum Gasteiger partial charge on any atom is 0.268 e. The lowest BCUT2D eigenvalue weighted by molar-refractivity contribution is -0.131. The molecule has 4 heterocycles. The molecule has 2 aliphatic rings.